The Kier molecular flexibility index (Phi) is 7.04. The highest BCUT2D eigenvalue weighted by Gasteiger charge is 2.14. The predicted octanol–water partition coefficient (Wildman–Crippen LogP) is 5.15. The third kappa shape index (κ3) is 6.03. The minimum atomic E-state index is -0.157. The van der Waals surface area contributed by atoms with Crippen LogP contribution < -0.4 is 5.43 Å². The van der Waals surface area contributed by atoms with Crippen molar-refractivity contribution >= 4 is 23.4 Å². The standard InChI is InChI=1S/C22H28N2OS/c1-16(19-11-13-20(14-12-19)22(3,4)5)23-24-21(25)17(2)26-15-18-9-7-6-8-10-18/h6-14,17H,15H2,1-5H3,(H,24,25)/b23-16-. The molecular weight excluding hydrogens is 340 g/mol. The van der Waals surface area contributed by atoms with E-state index in [0.29, 0.717) is 0 Å². The number of nitrogens with zero attached hydrogens (tertiary/aromatic N) is 1. The van der Waals surface area contributed by atoms with E-state index < -0.39 is 0 Å². The molecule has 3 nitrogen and oxygen atoms in total. The van der Waals surface area contributed by atoms with E-state index in [9.17, 15) is 4.79 Å². The highest BCUT2D eigenvalue weighted by atomic mass is 32.2. The van der Waals surface area contributed by atoms with Crippen molar-refractivity contribution in [3.63, 3.8) is 0 Å². The SMILES string of the molecule is C/C(=N/NC(=O)C(C)SCc1ccccc1)c1ccc(C(C)(C)C)cc1. The molecule has 26 heavy (non-hydrogen) atoms. The lowest BCUT2D eigenvalue weighted by atomic mass is 9.86. The van der Waals surface area contributed by atoms with Crippen LogP contribution in [0.3, 0.4) is 0 Å². The van der Waals surface area contributed by atoms with Crippen LogP contribution >= 0.6 is 11.8 Å². The Hall–Kier alpha value is -2.07. The summed E-state index contributed by atoms with van der Waals surface area (Å²) in [5, 5.41) is 4.11. The molecule has 1 atom stereocenters. The van der Waals surface area contributed by atoms with E-state index in [1.807, 2.05) is 32.0 Å². The van der Waals surface area contributed by atoms with Crippen molar-refractivity contribution in [2.45, 2.75) is 51.0 Å². The number of nitrogens with one attached hydrogen (secondary N) is 1. The summed E-state index contributed by atoms with van der Waals surface area (Å²) in [5.41, 5.74) is 7.14. The lowest BCUT2D eigenvalue weighted by molar-refractivity contribution is -0.120. The first-order chi connectivity index (χ1) is 12.3. The Morgan fingerprint density at radius 1 is 1.08 bits per heavy atom. The number of rotatable bonds is 6. The summed E-state index contributed by atoms with van der Waals surface area (Å²) in [6.45, 7) is 10.4. The molecule has 0 fully saturated rings. The molecule has 1 amide bonds. The molecule has 4 heteroatoms. The van der Waals surface area contributed by atoms with Gasteiger partial charge in [-0.25, -0.2) is 5.43 Å². The third-order valence-electron chi connectivity index (χ3n) is 4.21. The summed E-state index contributed by atoms with van der Waals surface area (Å²) in [5.74, 6) is 0.739. The highest BCUT2D eigenvalue weighted by Crippen LogP contribution is 2.22. The van der Waals surface area contributed by atoms with E-state index in [0.717, 1.165) is 17.0 Å². The van der Waals surface area contributed by atoms with Gasteiger partial charge in [-0.3, -0.25) is 4.79 Å². The van der Waals surface area contributed by atoms with E-state index in [1.54, 1.807) is 11.8 Å². The number of amides is 1. The maximum atomic E-state index is 12.2. The lowest BCUT2D eigenvalue weighted by Gasteiger charge is -2.19. The van der Waals surface area contributed by atoms with Crippen LogP contribution in [0.25, 0.3) is 0 Å². The second-order valence-electron chi connectivity index (χ2n) is 7.44. The summed E-state index contributed by atoms with van der Waals surface area (Å²) in [4.78, 5) is 12.2. The summed E-state index contributed by atoms with van der Waals surface area (Å²) >= 11 is 1.61. The molecule has 0 saturated carbocycles. The van der Waals surface area contributed by atoms with Crippen LogP contribution in [0.2, 0.25) is 0 Å². The second-order valence-corrected chi connectivity index (χ2v) is 8.77. The predicted molar refractivity (Wildman–Crippen MR) is 113 cm³/mol. The molecule has 0 radical (unpaired) electrons. The van der Waals surface area contributed by atoms with Gasteiger partial charge in [0.15, 0.2) is 0 Å². The van der Waals surface area contributed by atoms with Crippen molar-refractivity contribution < 1.29 is 4.79 Å². The average Bonchev–Trinajstić information content (AvgIpc) is 2.64. The van der Waals surface area contributed by atoms with Gasteiger partial charge in [-0.05, 0) is 36.0 Å². The molecule has 2 aromatic carbocycles. The van der Waals surface area contributed by atoms with Gasteiger partial charge < -0.3 is 0 Å². The fraction of sp³-hybridized carbons (Fsp3) is 0.364. The van der Waals surface area contributed by atoms with Crippen LogP contribution in [0, 0.1) is 0 Å². The van der Waals surface area contributed by atoms with Gasteiger partial charge in [0, 0.05) is 5.75 Å². The Labute approximate surface area is 161 Å². The summed E-state index contributed by atoms with van der Waals surface area (Å²) in [7, 11) is 0. The van der Waals surface area contributed by atoms with Crippen molar-refractivity contribution in [3.8, 4) is 0 Å². The molecule has 1 N–H and O–H groups in total. The minimum absolute atomic E-state index is 0.0726. The lowest BCUT2D eigenvalue weighted by Crippen LogP contribution is -2.27. The van der Waals surface area contributed by atoms with E-state index in [1.165, 1.54) is 11.1 Å². The van der Waals surface area contributed by atoms with E-state index in [2.05, 4.69) is 67.7 Å². The number of hydrazone groups is 1. The third-order valence-corrected chi connectivity index (χ3v) is 5.43. The molecule has 0 aliphatic heterocycles. The van der Waals surface area contributed by atoms with Gasteiger partial charge >= 0.3 is 0 Å². The number of thioether (sulfide) groups is 1. The van der Waals surface area contributed by atoms with Gasteiger partial charge in [0.05, 0.1) is 11.0 Å². The first-order valence-corrected chi connectivity index (χ1v) is 9.93. The quantitative estimate of drug-likeness (QED) is 0.566. The van der Waals surface area contributed by atoms with Crippen molar-refractivity contribution in [1.82, 2.24) is 5.43 Å². The number of carbonyl (C=O) groups is 1. The Morgan fingerprint density at radius 3 is 2.27 bits per heavy atom. The molecule has 0 bridgehead atoms. The smallest absolute Gasteiger partial charge is 0.252 e. The topological polar surface area (TPSA) is 41.5 Å². The largest absolute Gasteiger partial charge is 0.272 e. The molecule has 2 aromatic rings. The van der Waals surface area contributed by atoms with Gasteiger partial charge in [0.2, 0.25) is 0 Å². The van der Waals surface area contributed by atoms with Crippen LogP contribution in [0.1, 0.15) is 51.3 Å². The van der Waals surface area contributed by atoms with Crippen molar-refractivity contribution in [3.05, 3.63) is 71.3 Å². The molecule has 0 aliphatic carbocycles. The minimum Gasteiger partial charge on any atom is -0.272 e. The Balaban J connectivity index is 1.89. The van der Waals surface area contributed by atoms with Crippen LogP contribution in [0.4, 0.5) is 0 Å². The molecule has 0 heterocycles. The maximum absolute atomic E-state index is 12.2. The zero-order chi connectivity index (χ0) is 19.2. The molecular formula is C22H28N2OS. The van der Waals surface area contributed by atoms with E-state index >= 15 is 0 Å². The first kappa shape index (κ1) is 20.2. The van der Waals surface area contributed by atoms with Gasteiger partial charge in [0.25, 0.3) is 5.91 Å². The number of hydrogen-bond donors (Lipinski definition) is 1. The van der Waals surface area contributed by atoms with Crippen LogP contribution in [-0.2, 0) is 16.0 Å². The molecule has 2 rings (SSSR count). The molecule has 1 unspecified atom stereocenters. The zero-order valence-electron chi connectivity index (χ0n) is 16.2. The average molecular weight is 369 g/mol. The summed E-state index contributed by atoms with van der Waals surface area (Å²) in [6, 6.07) is 18.5. The Morgan fingerprint density at radius 2 is 1.69 bits per heavy atom. The zero-order valence-corrected chi connectivity index (χ0v) is 17.1. The maximum Gasteiger partial charge on any atom is 0.252 e. The summed E-state index contributed by atoms with van der Waals surface area (Å²) < 4.78 is 0. The van der Waals surface area contributed by atoms with Crippen molar-refractivity contribution in [1.29, 1.82) is 0 Å². The molecule has 0 spiro atoms. The highest BCUT2D eigenvalue weighted by molar-refractivity contribution is 7.99. The van der Waals surface area contributed by atoms with Crippen LogP contribution in [0.5, 0.6) is 0 Å². The van der Waals surface area contributed by atoms with Crippen molar-refractivity contribution in [2.24, 2.45) is 5.10 Å². The van der Waals surface area contributed by atoms with E-state index in [4.69, 9.17) is 0 Å². The fourth-order valence-electron chi connectivity index (χ4n) is 2.38. The van der Waals surface area contributed by atoms with Gasteiger partial charge in [-0.2, -0.15) is 5.10 Å². The van der Waals surface area contributed by atoms with Gasteiger partial charge in [-0.15, -0.1) is 11.8 Å². The van der Waals surface area contributed by atoms with Gasteiger partial charge in [0.1, 0.15) is 0 Å². The Bertz CT molecular complexity index is 746. The number of carbonyl (C=O) groups excluding carboxylic acids is 1. The summed E-state index contributed by atoms with van der Waals surface area (Å²) in [6.07, 6.45) is 0. The molecule has 0 aliphatic rings. The van der Waals surface area contributed by atoms with Gasteiger partial charge in [-0.1, -0.05) is 75.4 Å². The second kappa shape index (κ2) is 9.04. The number of benzene rings is 2. The molecule has 0 saturated heterocycles. The normalized spacial score (nSPS) is 13.3. The monoisotopic (exact) mass is 368 g/mol. The van der Waals surface area contributed by atoms with Crippen LogP contribution in [0.15, 0.2) is 59.7 Å². The molecule has 138 valence electrons. The number of hydrogen-bond acceptors (Lipinski definition) is 3. The van der Waals surface area contributed by atoms with Crippen LogP contribution in [-0.4, -0.2) is 16.9 Å². The van der Waals surface area contributed by atoms with E-state index in [-0.39, 0.29) is 16.6 Å². The fourth-order valence-corrected chi connectivity index (χ4v) is 3.22. The van der Waals surface area contributed by atoms with Crippen molar-refractivity contribution in [2.75, 3.05) is 0 Å². The molecule has 0 aromatic heterocycles. The first-order valence-electron chi connectivity index (χ1n) is 8.88.